The van der Waals surface area contributed by atoms with Crippen LogP contribution in [0.15, 0.2) is 74.5 Å². The molecule has 4 rings (SSSR count). The van der Waals surface area contributed by atoms with Gasteiger partial charge in [0.15, 0.2) is 0 Å². The average molecular weight is 592 g/mol. The molecule has 2 aromatic carbocycles. The Morgan fingerprint density at radius 2 is 1.94 bits per heavy atom. The third-order valence-corrected chi connectivity index (χ3v) is 9.21. The van der Waals surface area contributed by atoms with Gasteiger partial charge in [0.1, 0.15) is 0 Å². The van der Waals surface area contributed by atoms with Crippen LogP contribution in [-0.4, -0.2) is 37.4 Å². The quantitative estimate of drug-likeness (QED) is 0.391. The van der Waals surface area contributed by atoms with Crippen molar-refractivity contribution in [2.75, 3.05) is 7.11 Å². The maximum atomic E-state index is 13.2. The van der Waals surface area contributed by atoms with Crippen LogP contribution in [0, 0.1) is 3.57 Å². The summed E-state index contributed by atoms with van der Waals surface area (Å²) in [5.41, 5.74) is 2.41. The van der Waals surface area contributed by atoms with E-state index in [1.54, 1.807) is 33.3 Å². The Morgan fingerprint density at radius 3 is 2.62 bits per heavy atom. The van der Waals surface area contributed by atoms with Gasteiger partial charge in [-0.25, -0.2) is 0 Å². The number of fused-ring (bicyclic) bond motifs is 1. The van der Waals surface area contributed by atoms with E-state index >= 15 is 0 Å². The molecule has 0 atom stereocenters. The van der Waals surface area contributed by atoms with E-state index in [0.717, 1.165) is 25.1 Å². The molecule has 0 saturated heterocycles. The third-order valence-electron chi connectivity index (χ3n) is 5.24. The van der Waals surface area contributed by atoms with E-state index in [9.17, 15) is 13.2 Å². The van der Waals surface area contributed by atoms with Crippen LogP contribution in [0.1, 0.15) is 31.9 Å². The van der Waals surface area contributed by atoms with Crippen LogP contribution >= 0.6 is 0 Å². The van der Waals surface area contributed by atoms with Crippen molar-refractivity contribution in [3.63, 3.8) is 0 Å². The van der Waals surface area contributed by atoms with Crippen molar-refractivity contribution in [3.8, 4) is 11.4 Å². The van der Waals surface area contributed by atoms with E-state index < -0.39 is 37.1 Å². The van der Waals surface area contributed by atoms with Gasteiger partial charge in [-0.3, -0.25) is 0 Å². The standard InChI is InChI=1S/C24H24IN4O4S/c1-24(2,3)16-9-10-21(33-4)22(13-16)34(31,32)28-23(30)19-14-25-18-7-5-8-20(17(18)15-26-19)29-12-6-11-27-29/h5-15H,1-4H3,(H,28,30)/q-1/p+1. The van der Waals surface area contributed by atoms with Gasteiger partial charge in [-0.05, 0) is 0 Å². The summed E-state index contributed by atoms with van der Waals surface area (Å²) in [7, 11) is -2.67. The first-order valence-electron chi connectivity index (χ1n) is 10.4. The van der Waals surface area contributed by atoms with Crippen molar-refractivity contribution < 1.29 is 43.9 Å². The number of primary sulfonamides is 1. The molecule has 0 spiro atoms. The molecule has 178 valence electrons. The van der Waals surface area contributed by atoms with Crippen molar-refractivity contribution in [3.05, 3.63) is 79.3 Å². The molecule has 0 aliphatic carbocycles. The zero-order valence-electron chi connectivity index (χ0n) is 19.2. The monoisotopic (exact) mass is 592 g/mol. The molecule has 8 nitrogen and oxygen atoms in total. The van der Waals surface area contributed by atoms with Gasteiger partial charge in [-0.1, -0.05) is 0 Å². The van der Waals surface area contributed by atoms with Crippen molar-refractivity contribution in [1.82, 2.24) is 9.78 Å². The average Bonchev–Trinajstić information content (AvgIpc) is 3.23. The predicted octanol–water partition coefficient (Wildman–Crippen LogP) is -0.810. The van der Waals surface area contributed by atoms with Crippen molar-refractivity contribution in [2.24, 2.45) is 4.99 Å². The normalized spacial score (nSPS) is 13.9. The Labute approximate surface area is 209 Å². The molecule has 0 fully saturated rings. The summed E-state index contributed by atoms with van der Waals surface area (Å²) in [6.45, 7) is 5.97. The second kappa shape index (κ2) is 9.43. The van der Waals surface area contributed by atoms with Crippen molar-refractivity contribution in [2.45, 2.75) is 31.1 Å². The number of benzene rings is 2. The molecule has 2 N–H and O–H groups in total. The molecule has 0 bridgehead atoms. The molecule has 34 heavy (non-hydrogen) atoms. The molecule has 1 amide bonds. The van der Waals surface area contributed by atoms with E-state index in [2.05, 4.69) is 10.1 Å². The summed E-state index contributed by atoms with van der Waals surface area (Å²) < 4.78 is 37.0. The number of aromatic nitrogens is 2. The Morgan fingerprint density at radius 1 is 1.15 bits per heavy atom. The van der Waals surface area contributed by atoms with E-state index in [0.29, 0.717) is 0 Å². The number of nitrogens with zero attached hydrogens (tertiary/aromatic N) is 3. The fourth-order valence-corrected chi connectivity index (χ4v) is 6.90. The van der Waals surface area contributed by atoms with Crippen LogP contribution in [0.4, 0.5) is 0 Å². The van der Waals surface area contributed by atoms with E-state index in [-0.39, 0.29) is 21.8 Å². The molecule has 1 aromatic heterocycles. The van der Waals surface area contributed by atoms with Gasteiger partial charge in [0.05, 0.1) is 0 Å². The van der Waals surface area contributed by atoms with Gasteiger partial charge in [0, 0.05) is 0 Å². The SMILES string of the molecule is COc1ccc(C(C)(C)C)cc1S(=O)(=O)[NH2+]C(=O)C1=C[I-]c2cccc(-n3cccn3)c2C=N1. The number of aliphatic imine (C=N–C) groups is 1. The zero-order valence-corrected chi connectivity index (χ0v) is 22.2. The summed E-state index contributed by atoms with van der Waals surface area (Å²) in [6, 6.07) is 12.7. The third kappa shape index (κ3) is 4.98. The van der Waals surface area contributed by atoms with Gasteiger partial charge in [0.25, 0.3) is 0 Å². The fraction of sp³-hybridized carbons (Fsp3) is 0.208. The molecular weight excluding hydrogens is 567 g/mol. The first-order valence-corrected chi connectivity index (χ1v) is 14.3. The number of ether oxygens (including phenoxy) is 1. The Bertz CT molecular complexity index is 1410. The molecule has 3 aromatic rings. The number of amides is 1. The number of carbonyl (C=O) groups excluding carboxylic acids is 1. The number of methoxy groups -OCH3 is 1. The minimum absolute atomic E-state index is 0.0343. The van der Waals surface area contributed by atoms with Crippen LogP contribution in [0.2, 0.25) is 0 Å². The number of hydrogen-bond acceptors (Lipinski definition) is 6. The minimum atomic E-state index is -4.07. The van der Waals surface area contributed by atoms with Crippen molar-refractivity contribution >= 4 is 22.1 Å². The zero-order chi connectivity index (χ0) is 24.5. The van der Waals surface area contributed by atoms with Crippen LogP contribution in [0.3, 0.4) is 0 Å². The van der Waals surface area contributed by atoms with Gasteiger partial charge in [-0.2, -0.15) is 0 Å². The number of nitrogens with two attached hydrogens (primary N) is 1. The van der Waals surface area contributed by atoms with E-state index in [1.165, 1.54) is 7.11 Å². The summed E-state index contributed by atoms with van der Waals surface area (Å²) in [5, 5.41) is 4.29. The first-order chi connectivity index (χ1) is 16.1. The van der Waals surface area contributed by atoms with E-state index in [1.807, 2.05) is 57.3 Å². The summed E-state index contributed by atoms with van der Waals surface area (Å²) in [6.07, 6.45) is 5.15. The summed E-state index contributed by atoms with van der Waals surface area (Å²) in [4.78, 5) is 17.4. The topological polar surface area (TPSA) is 107 Å². The maximum absolute atomic E-state index is 13.2. The first kappa shape index (κ1) is 24.3. The van der Waals surface area contributed by atoms with Gasteiger partial charge < -0.3 is 0 Å². The molecule has 0 radical (unpaired) electrons. The molecule has 2 heterocycles. The van der Waals surface area contributed by atoms with Crippen LogP contribution < -0.4 is 30.7 Å². The molecule has 10 heteroatoms. The van der Waals surface area contributed by atoms with Crippen LogP contribution in [0.25, 0.3) is 5.69 Å². The van der Waals surface area contributed by atoms with Gasteiger partial charge >= 0.3 is 210 Å². The molecule has 1 aliphatic heterocycles. The number of hydrogen-bond donors (Lipinski definition) is 1. The van der Waals surface area contributed by atoms with E-state index in [4.69, 9.17) is 4.74 Å². The number of carbonyl (C=O) groups is 1. The molecule has 1 aliphatic rings. The Hall–Kier alpha value is -2.83. The summed E-state index contributed by atoms with van der Waals surface area (Å²) in [5.74, 6) is -0.466. The van der Waals surface area contributed by atoms with Crippen LogP contribution in [-0.2, 0) is 20.2 Å². The molecule has 0 saturated carbocycles. The van der Waals surface area contributed by atoms with Crippen molar-refractivity contribution in [1.29, 1.82) is 0 Å². The Balaban J connectivity index is 1.63. The van der Waals surface area contributed by atoms with Gasteiger partial charge in [0.2, 0.25) is 0 Å². The second-order valence-electron chi connectivity index (χ2n) is 8.63. The number of halogens is 1. The number of rotatable bonds is 5. The number of primary amides is 1. The summed E-state index contributed by atoms with van der Waals surface area (Å²) >= 11 is -0.718. The second-order valence-corrected chi connectivity index (χ2v) is 12.8. The number of quaternary nitrogens is 1. The van der Waals surface area contributed by atoms with Gasteiger partial charge in [-0.15, -0.1) is 0 Å². The fourth-order valence-electron chi connectivity index (χ4n) is 3.38. The molecular formula is C24H25IN4O4S. The Kier molecular flexibility index (Phi) is 6.74. The number of sulfonamides is 1. The van der Waals surface area contributed by atoms with Crippen LogP contribution in [0.5, 0.6) is 5.75 Å². The molecule has 0 unspecified atom stereocenters. The predicted molar refractivity (Wildman–Crippen MR) is 124 cm³/mol.